The lowest BCUT2D eigenvalue weighted by molar-refractivity contribution is -0.197. The van der Waals surface area contributed by atoms with E-state index in [9.17, 15) is 24.0 Å². The molecule has 0 aromatic rings. The first-order chi connectivity index (χ1) is 13.9. The first-order valence-electron chi connectivity index (χ1n) is 10.2. The van der Waals surface area contributed by atoms with Crippen molar-refractivity contribution < 1.29 is 28.8 Å². The maximum absolute atomic E-state index is 12.0. The van der Waals surface area contributed by atoms with Crippen molar-refractivity contribution in [2.24, 2.45) is 0 Å². The van der Waals surface area contributed by atoms with Crippen LogP contribution in [-0.4, -0.2) is 71.8 Å². The first kappa shape index (κ1) is 22.8. The van der Waals surface area contributed by atoms with Crippen LogP contribution in [0.15, 0.2) is 0 Å². The summed E-state index contributed by atoms with van der Waals surface area (Å²) >= 11 is 0. The lowest BCUT2D eigenvalue weighted by atomic mass is 10.3. The van der Waals surface area contributed by atoms with Gasteiger partial charge in [-0.3, -0.25) is 24.1 Å². The van der Waals surface area contributed by atoms with Crippen LogP contribution in [0.3, 0.4) is 0 Å². The second-order valence-electron chi connectivity index (χ2n) is 7.30. The third-order valence-electron chi connectivity index (χ3n) is 4.99. The Bertz CT molecular complexity index is 622. The van der Waals surface area contributed by atoms with Crippen molar-refractivity contribution in [3.63, 3.8) is 0 Å². The Kier molecular flexibility index (Phi) is 9.04. The molecule has 0 saturated carbocycles. The fourth-order valence-corrected chi connectivity index (χ4v) is 3.52. The van der Waals surface area contributed by atoms with Crippen LogP contribution in [0.5, 0.6) is 0 Å². The first-order valence-corrected chi connectivity index (χ1v) is 10.2. The highest BCUT2D eigenvalue weighted by molar-refractivity contribution is 6.01. The van der Waals surface area contributed by atoms with Crippen LogP contribution in [-0.2, 0) is 28.8 Å². The summed E-state index contributed by atoms with van der Waals surface area (Å²) in [5.41, 5.74) is 0. The Morgan fingerprint density at radius 1 is 1.03 bits per heavy atom. The molecule has 2 fully saturated rings. The second kappa shape index (κ2) is 11.5. The van der Waals surface area contributed by atoms with Gasteiger partial charge in [0.05, 0.1) is 13.0 Å². The molecule has 4 amide bonds. The lowest BCUT2D eigenvalue weighted by Gasteiger charge is -2.23. The van der Waals surface area contributed by atoms with E-state index < -0.39 is 17.8 Å². The normalized spacial score (nSPS) is 19.5. The van der Waals surface area contributed by atoms with Crippen molar-refractivity contribution in [1.82, 2.24) is 20.6 Å². The van der Waals surface area contributed by atoms with E-state index in [4.69, 9.17) is 4.84 Å². The predicted octanol–water partition coefficient (Wildman–Crippen LogP) is -0.129. The molecule has 2 aliphatic rings. The Balaban J connectivity index is 1.54. The van der Waals surface area contributed by atoms with Crippen LogP contribution in [0.2, 0.25) is 0 Å². The van der Waals surface area contributed by atoms with E-state index in [1.54, 1.807) is 0 Å². The molecule has 0 aromatic carbocycles. The Morgan fingerprint density at radius 2 is 1.69 bits per heavy atom. The van der Waals surface area contributed by atoms with Gasteiger partial charge >= 0.3 is 5.97 Å². The summed E-state index contributed by atoms with van der Waals surface area (Å²) in [6, 6.07) is 0.472. The SMILES string of the molecule is [13CH3][13CH2][13CH2]C1CCC[15N]1[13CH2]C(=O)NCCC(=O)[15NH][13CH2][13CH2][13C](=O)ON1C(=O)CCC1=O. The number of nitrogens with one attached hydrogen (secondary N) is 2. The molecule has 2 N–H and O–H groups in total. The van der Waals surface area contributed by atoms with E-state index in [1.165, 1.54) is 0 Å². The van der Waals surface area contributed by atoms with Crippen LogP contribution in [0.4, 0.5) is 0 Å². The largest absolute Gasteiger partial charge is 0.355 e. The molecule has 2 saturated heterocycles. The van der Waals surface area contributed by atoms with Crippen molar-refractivity contribution in [2.45, 2.75) is 64.3 Å². The van der Waals surface area contributed by atoms with Gasteiger partial charge in [0, 0.05) is 38.4 Å². The van der Waals surface area contributed by atoms with E-state index in [1.807, 2.05) is 0 Å². The summed E-state index contributed by atoms with van der Waals surface area (Å²) in [6.45, 7) is 3.67. The van der Waals surface area contributed by atoms with Crippen LogP contribution in [0, 0.1) is 0 Å². The summed E-state index contributed by atoms with van der Waals surface area (Å²) in [4.78, 5) is 65.1. The minimum Gasteiger partial charge on any atom is -0.355 e. The number of likely N-dealkylation sites (tertiary alicyclic amines) is 1. The molecule has 29 heavy (non-hydrogen) atoms. The zero-order valence-electron chi connectivity index (χ0n) is 16.9. The van der Waals surface area contributed by atoms with Crippen LogP contribution in [0.25, 0.3) is 0 Å². The summed E-state index contributed by atoms with van der Waals surface area (Å²) in [7, 11) is 0. The average molecular weight is 419 g/mol. The highest BCUT2D eigenvalue weighted by Crippen LogP contribution is 2.20. The second-order valence-corrected chi connectivity index (χ2v) is 7.30. The molecule has 2 aliphatic heterocycles. The number of hydroxylamine groups is 2. The number of hydrogen-bond donors (Lipinski definition) is 2. The average Bonchev–Trinajstić information content (AvgIpc) is 3.23. The van der Waals surface area contributed by atoms with Crippen molar-refractivity contribution in [2.75, 3.05) is 26.2 Å². The molecule has 2 heterocycles. The summed E-state index contributed by atoms with van der Waals surface area (Å²) < 4.78 is 0. The van der Waals surface area contributed by atoms with Gasteiger partial charge in [0.2, 0.25) is 11.8 Å². The van der Waals surface area contributed by atoms with Crippen molar-refractivity contribution >= 4 is 29.6 Å². The summed E-state index contributed by atoms with van der Waals surface area (Å²) in [6.07, 6.45) is 4.44. The molecule has 10 heteroatoms. The number of imide groups is 1. The smallest absolute Gasteiger partial charge is 0.334 e. The molecular weight excluding hydrogens is 389 g/mol. The topological polar surface area (TPSA) is 125 Å². The zero-order valence-corrected chi connectivity index (χ0v) is 16.9. The van der Waals surface area contributed by atoms with Gasteiger partial charge in [-0.2, -0.15) is 0 Å². The number of carbonyl (C=O) groups is 5. The summed E-state index contributed by atoms with van der Waals surface area (Å²) in [5.74, 6) is -2.26. The van der Waals surface area contributed by atoms with Crippen LogP contribution < -0.4 is 10.6 Å². The Hall–Kier alpha value is -2.49. The van der Waals surface area contributed by atoms with Crippen LogP contribution >= 0.6 is 0 Å². The molecule has 162 valence electrons. The molecule has 0 spiro atoms. The molecule has 10 nitrogen and oxygen atoms in total. The molecule has 0 aromatic heterocycles. The van der Waals surface area contributed by atoms with Crippen molar-refractivity contribution in [3.8, 4) is 0 Å². The van der Waals surface area contributed by atoms with E-state index in [-0.39, 0.29) is 50.6 Å². The molecule has 0 aliphatic carbocycles. The molecule has 0 bridgehead atoms. The monoisotopic (exact) mass is 419 g/mol. The van der Waals surface area contributed by atoms with Crippen LogP contribution in [0.1, 0.15) is 58.3 Å². The van der Waals surface area contributed by atoms with Crippen molar-refractivity contribution in [3.05, 3.63) is 0 Å². The summed E-state index contributed by atoms with van der Waals surface area (Å²) in [5, 5.41) is 5.76. The third-order valence-corrected chi connectivity index (χ3v) is 4.99. The maximum atomic E-state index is 12.0. The molecular formula is C19H30N4O6. The van der Waals surface area contributed by atoms with E-state index in [0.29, 0.717) is 17.6 Å². The highest BCUT2D eigenvalue weighted by atomic mass is 16.8. The Labute approximate surface area is 170 Å². The van der Waals surface area contributed by atoms with Gasteiger partial charge in [0.15, 0.2) is 0 Å². The molecule has 1 unspecified atom stereocenters. The van der Waals surface area contributed by atoms with Gasteiger partial charge in [0.1, 0.15) is 0 Å². The fourth-order valence-electron chi connectivity index (χ4n) is 3.52. The van der Waals surface area contributed by atoms with Gasteiger partial charge in [0.25, 0.3) is 11.8 Å². The number of hydrogen-bond acceptors (Lipinski definition) is 7. The number of rotatable bonds is 11. The van der Waals surface area contributed by atoms with Gasteiger partial charge in [-0.05, 0) is 25.8 Å². The van der Waals surface area contributed by atoms with Gasteiger partial charge in [-0.1, -0.05) is 13.3 Å². The Morgan fingerprint density at radius 3 is 2.38 bits per heavy atom. The standard InChI is InChI=1S/C19H30N4O6/c1-2-4-14-5-3-12-22(14)13-16(25)21-10-8-15(24)20-11-9-19(28)29-23-17(26)6-7-18(23)27/h14H,2-13H2,1H3,(H,20,24)(H,21,25)/i1+1,2+1,4+1,9+1,11+1,13+1,19+1,20+1,22+1. The number of carbonyl (C=O) groups excluding carboxylic acids is 5. The lowest BCUT2D eigenvalue weighted by Crippen LogP contribution is -2.41. The number of nitrogens with zero attached hydrogens (tertiary/aromatic N) is 2. The minimum absolute atomic E-state index is 0.0221. The highest BCUT2D eigenvalue weighted by Gasteiger charge is 2.32. The maximum Gasteiger partial charge on any atom is 0.334 e. The molecule has 2 rings (SSSR count). The quantitative estimate of drug-likeness (QED) is 0.272. The minimum atomic E-state index is -0.769. The van der Waals surface area contributed by atoms with E-state index >= 15 is 0 Å². The van der Waals surface area contributed by atoms with Crippen molar-refractivity contribution in [1.29, 1.82) is 0 Å². The van der Waals surface area contributed by atoms with E-state index in [0.717, 1.165) is 32.2 Å². The van der Waals surface area contributed by atoms with E-state index in [2.05, 4.69) is 22.5 Å². The van der Waals surface area contributed by atoms with Gasteiger partial charge < -0.3 is 15.5 Å². The van der Waals surface area contributed by atoms with Gasteiger partial charge in [-0.15, -0.1) is 5.06 Å². The zero-order chi connectivity index (χ0) is 21.2. The predicted molar refractivity (Wildman–Crippen MR) is 102 cm³/mol. The third kappa shape index (κ3) is 7.45. The molecule has 1 atom stereocenters. The number of amides is 4. The van der Waals surface area contributed by atoms with Gasteiger partial charge in [-0.25, -0.2) is 4.79 Å². The fraction of sp³-hybridized carbons (Fsp3) is 0.737. The molecule has 0 radical (unpaired) electrons.